The van der Waals surface area contributed by atoms with E-state index in [-0.39, 0.29) is 23.5 Å². The summed E-state index contributed by atoms with van der Waals surface area (Å²) in [5, 5.41) is 17.5. The molecule has 1 amide bonds. The second-order valence-electron chi connectivity index (χ2n) is 8.87. The van der Waals surface area contributed by atoms with Gasteiger partial charge in [-0.25, -0.2) is 14.4 Å². The monoisotopic (exact) mass is 503 g/mol. The van der Waals surface area contributed by atoms with Crippen LogP contribution in [-0.4, -0.2) is 59.1 Å². The van der Waals surface area contributed by atoms with E-state index in [1.54, 1.807) is 24.5 Å². The number of carboxylic acid groups (broad SMARTS) is 1. The fourth-order valence-electron chi connectivity index (χ4n) is 4.05. The first-order chi connectivity index (χ1) is 16.6. The Morgan fingerprint density at radius 2 is 2.11 bits per heavy atom. The van der Waals surface area contributed by atoms with Crippen LogP contribution in [0.2, 0.25) is 5.15 Å². The zero-order valence-electron chi connectivity index (χ0n) is 19.7. The van der Waals surface area contributed by atoms with Gasteiger partial charge >= 0.3 is 6.09 Å². The number of nitrogens with two attached hydrogens (primary N) is 1. The summed E-state index contributed by atoms with van der Waals surface area (Å²) in [6.45, 7) is 7.94. The molecule has 4 aromatic heterocycles. The molecule has 0 spiro atoms. The number of aryl methyl sites for hydroxylation is 1. The van der Waals surface area contributed by atoms with Crippen molar-refractivity contribution in [1.29, 1.82) is 0 Å². The molecule has 186 valence electrons. The van der Waals surface area contributed by atoms with Gasteiger partial charge in [0.1, 0.15) is 17.9 Å². The molecule has 0 unspecified atom stereocenters. The molecular formula is C22H26ClN7O5. The van der Waals surface area contributed by atoms with Crippen LogP contribution in [0.1, 0.15) is 33.5 Å². The van der Waals surface area contributed by atoms with Crippen LogP contribution < -0.4 is 10.5 Å². The van der Waals surface area contributed by atoms with Gasteiger partial charge in [-0.3, -0.25) is 4.90 Å². The van der Waals surface area contributed by atoms with Crippen molar-refractivity contribution >= 4 is 34.5 Å². The normalized spacial score (nSPS) is 12.7. The van der Waals surface area contributed by atoms with Crippen LogP contribution in [-0.2, 0) is 13.0 Å². The summed E-state index contributed by atoms with van der Waals surface area (Å²) in [5.41, 5.74) is 6.56. The van der Waals surface area contributed by atoms with Crippen molar-refractivity contribution in [3.8, 4) is 17.4 Å². The lowest BCUT2D eigenvalue weighted by Gasteiger charge is -2.39. The lowest BCUT2D eigenvalue weighted by molar-refractivity contribution is 0.0487. The molecule has 0 saturated heterocycles. The minimum absolute atomic E-state index is 0.0202. The zero-order valence-corrected chi connectivity index (χ0v) is 20.5. The maximum Gasteiger partial charge on any atom is 0.408 e. The highest BCUT2D eigenvalue weighted by Gasteiger charge is 2.34. The number of halogens is 1. The molecule has 0 saturated carbocycles. The molecule has 0 bridgehead atoms. The smallest absolute Gasteiger partial charge is 0.408 e. The van der Waals surface area contributed by atoms with Crippen LogP contribution in [0.15, 0.2) is 33.5 Å². The number of ether oxygens (including phenoxy) is 1. The third kappa shape index (κ3) is 4.87. The summed E-state index contributed by atoms with van der Waals surface area (Å²) in [4.78, 5) is 22.3. The summed E-state index contributed by atoms with van der Waals surface area (Å²) in [7, 11) is 0. The number of aromatic nitrogens is 5. The Labute approximate surface area is 205 Å². The van der Waals surface area contributed by atoms with E-state index < -0.39 is 17.7 Å². The van der Waals surface area contributed by atoms with Crippen molar-refractivity contribution in [2.75, 3.05) is 12.3 Å². The largest absolute Gasteiger partial charge is 0.475 e. The molecule has 35 heavy (non-hydrogen) atoms. The van der Waals surface area contributed by atoms with Crippen molar-refractivity contribution < 1.29 is 23.7 Å². The van der Waals surface area contributed by atoms with Crippen LogP contribution in [0.4, 0.5) is 10.6 Å². The topological polar surface area (TPSA) is 159 Å². The van der Waals surface area contributed by atoms with Gasteiger partial charge in [-0.1, -0.05) is 11.6 Å². The molecule has 0 aromatic carbocycles. The number of fused-ring (bicyclic) bond motifs is 1. The molecule has 0 fully saturated rings. The highest BCUT2D eigenvalue weighted by Crippen LogP contribution is 2.32. The maximum absolute atomic E-state index is 12.1. The Morgan fingerprint density at radius 3 is 2.69 bits per heavy atom. The third-order valence-electron chi connectivity index (χ3n) is 5.45. The van der Waals surface area contributed by atoms with Crippen molar-refractivity contribution in [2.24, 2.45) is 0 Å². The van der Waals surface area contributed by atoms with Crippen LogP contribution in [0.5, 0.6) is 5.88 Å². The predicted molar refractivity (Wildman–Crippen MR) is 127 cm³/mol. The summed E-state index contributed by atoms with van der Waals surface area (Å²) in [6.07, 6.45) is 0.805. The standard InChI is InChI=1S/C22H26ClN7O5/c1-5-29-14-10-15(25-18(23)16(14)26-20(29)17-19(24)28-35-27-17)34-11-12(9-13-7-6-8-33-13)30(21(31)32)22(2,3)4/h6-8,10,12H,5,9,11H2,1-4H3,(H2,24,28)(H,31,32)/t12-/m1/s1. The van der Waals surface area contributed by atoms with Crippen molar-refractivity contribution in [3.63, 3.8) is 0 Å². The van der Waals surface area contributed by atoms with E-state index in [0.29, 0.717) is 41.3 Å². The predicted octanol–water partition coefficient (Wildman–Crippen LogP) is 4.10. The van der Waals surface area contributed by atoms with Crippen LogP contribution in [0, 0.1) is 0 Å². The number of nitrogen functional groups attached to an aromatic ring is 1. The highest BCUT2D eigenvalue weighted by atomic mass is 35.5. The average molecular weight is 504 g/mol. The summed E-state index contributed by atoms with van der Waals surface area (Å²) >= 11 is 6.44. The molecule has 4 heterocycles. The number of amides is 1. The minimum Gasteiger partial charge on any atom is -0.475 e. The first kappa shape index (κ1) is 24.3. The summed E-state index contributed by atoms with van der Waals surface area (Å²) < 4.78 is 18.0. The van der Waals surface area contributed by atoms with E-state index in [4.69, 9.17) is 31.1 Å². The molecule has 0 aliphatic rings. The van der Waals surface area contributed by atoms with Crippen molar-refractivity contribution in [1.82, 2.24) is 29.7 Å². The van der Waals surface area contributed by atoms with Crippen LogP contribution in [0.3, 0.4) is 0 Å². The van der Waals surface area contributed by atoms with E-state index in [0.717, 1.165) is 0 Å². The van der Waals surface area contributed by atoms with E-state index in [2.05, 4.69) is 20.3 Å². The fourth-order valence-corrected chi connectivity index (χ4v) is 4.27. The Hall–Kier alpha value is -3.80. The molecule has 4 aromatic rings. The van der Waals surface area contributed by atoms with Crippen LogP contribution >= 0.6 is 11.6 Å². The number of anilines is 1. The molecular weight excluding hydrogens is 478 g/mol. The third-order valence-corrected chi connectivity index (χ3v) is 5.71. The highest BCUT2D eigenvalue weighted by molar-refractivity contribution is 6.33. The average Bonchev–Trinajstić information content (AvgIpc) is 3.50. The number of carbonyl (C=O) groups is 1. The Bertz CT molecular complexity index is 1330. The molecule has 0 aliphatic carbocycles. The number of hydrogen-bond donors (Lipinski definition) is 2. The molecule has 0 aliphatic heterocycles. The van der Waals surface area contributed by atoms with E-state index in [1.807, 2.05) is 32.3 Å². The molecule has 13 heteroatoms. The second-order valence-corrected chi connectivity index (χ2v) is 9.23. The van der Waals surface area contributed by atoms with Gasteiger partial charge in [0, 0.05) is 24.6 Å². The fraction of sp³-hybridized carbons (Fsp3) is 0.409. The Morgan fingerprint density at radius 1 is 1.34 bits per heavy atom. The SMILES string of the molecule is CCn1c(-c2nonc2N)nc2c(Cl)nc(OC[C@@H](Cc3ccco3)N(C(=O)O)C(C)(C)C)cc21. The molecule has 4 rings (SSSR count). The van der Waals surface area contributed by atoms with Crippen molar-refractivity contribution in [3.05, 3.63) is 35.4 Å². The number of imidazole rings is 1. The molecule has 3 N–H and O–H groups in total. The van der Waals surface area contributed by atoms with Gasteiger partial charge in [0.25, 0.3) is 0 Å². The van der Waals surface area contributed by atoms with Gasteiger partial charge in [0.05, 0.1) is 17.8 Å². The lowest BCUT2D eigenvalue weighted by atomic mass is 10.0. The van der Waals surface area contributed by atoms with E-state index in [9.17, 15) is 9.90 Å². The van der Waals surface area contributed by atoms with Gasteiger partial charge in [0.2, 0.25) is 5.88 Å². The number of pyridine rings is 1. The maximum atomic E-state index is 12.1. The number of nitrogens with zero attached hydrogens (tertiary/aromatic N) is 6. The molecule has 12 nitrogen and oxygen atoms in total. The zero-order chi connectivity index (χ0) is 25.3. The lowest BCUT2D eigenvalue weighted by Crippen LogP contribution is -2.54. The van der Waals surface area contributed by atoms with Gasteiger partial charge in [-0.2, -0.15) is 4.98 Å². The quantitative estimate of drug-likeness (QED) is 0.335. The Kier molecular flexibility index (Phi) is 6.57. The first-order valence-corrected chi connectivity index (χ1v) is 11.3. The summed E-state index contributed by atoms with van der Waals surface area (Å²) in [6, 6.07) is 4.69. The Balaban J connectivity index is 1.67. The van der Waals surface area contributed by atoms with Gasteiger partial charge < -0.3 is 24.6 Å². The van der Waals surface area contributed by atoms with Gasteiger partial charge in [-0.05, 0) is 50.1 Å². The number of furan rings is 1. The van der Waals surface area contributed by atoms with Gasteiger partial charge in [0.15, 0.2) is 22.5 Å². The second kappa shape index (κ2) is 9.45. The number of hydrogen-bond acceptors (Lipinski definition) is 9. The van der Waals surface area contributed by atoms with Gasteiger partial charge in [-0.15, -0.1) is 0 Å². The van der Waals surface area contributed by atoms with Crippen molar-refractivity contribution in [2.45, 2.75) is 52.2 Å². The minimum atomic E-state index is -1.06. The number of rotatable bonds is 8. The first-order valence-electron chi connectivity index (χ1n) is 10.9. The van der Waals surface area contributed by atoms with E-state index in [1.165, 1.54) is 4.90 Å². The summed E-state index contributed by atoms with van der Waals surface area (Å²) in [5.74, 6) is 1.40. The van der Waals surface area contributed by atoms with Crippen LogP contribution in [0.25, 0.3) is 22.6 Å². The van der Waals surface area contributed by atoms with E-state index >= 15 is 0 Å². The molecule has 0 radical (unpaired) electrons. The molecule has 1 atom stereocenters.